The summed E-state index contributed by atoms with van der Waals surface area (Å²) in [5.74, 6) is -0.284. The molecular formula is C23H17ClFN7O2. The molecule has 0 aliphatic rings. The molecule has 1 amide bonds. The van der Waals surface area contributed by atoms with Crippen LogP contribution >= 0.6 is 11.6 Å². The van der Waals surface area contributed by atoms with E-state index < -0.39 is 5.56 Å². The molecule has 11 heteroatoms. The number of fused-ring (bicyclic) bond motifs is 1. The fourth-order valence-electron chi connectivity index (χ4n) is 3.53. The average molecular weight is 478 g/mol. The van der Waals surface area contributed by atoms with Gasteiger partial charge in [-0.25, -0.2) is 9.07 Å². The topological polar surface area (TPSA) is 110 Å². The highest BCUT2D eigenvalue weighted by Gasteiger charge is 2.17. The monoisotopic (exact) mass is 477 g/mol. The van der Waals surface area contributed by atoms with Gasteiger partial charge < -0.3 is 5.32 Å². The summed E-state index contributed by atoms with van der Waals surface area (Å²) < 4.78 is 16.0. The molecule has 0 aliphatic carbocycles. The normalized spacial score (nSPS) is 11.1. The predicted molar refractivity (Wildman–Crippen MR) is 125 cm³/mol. The number of hydrogen-bond acceptors (Lipinski definition) is 5. The summed E-state index contributed by atoms with van der Waals surface area (Å²) in [4.78, 5) is 32.6. The number of nitrogens with one attached hydrogen (secondary N) is 2. The molecule has 9 nitrogen and oxygen atoms in total. The van der Waals surface area contributed by atoms with Gasteiger partial charge >= 0.3 is 0 Å². The second kappa shape index (κ2) is 8.56. The number of halogens is 2. The van der Waals surface area contributed by atoms with Gasteiger partial charge in [0.05, 0.1) is 24.0 Å². The molecular weight excluding hydrogens is 461 g/mol. The second-order valence-electron chi connectivity index (χ2n) is 7.60. The van der Waals surface area contributed by atoms with Crippen molar-refractivity contribution in [1.82, 2.24) is 29.5 Å². The van der Waals surface area contributed by atoms with Crippen LogP contribution in [0, 0.1) is 12.7 Å². The first-order chi connectivity index (χ1) is 16.4. The van der Waals surface area contributed by atoms with E-state index in [-0.39, 0.29) is 29.5 Å². The largest absolute Gasteiger partial charge is 0.310 e. The number of nitrogens with zero attached hydrogens (tertiary/aromatic N) is 5. The number of H-pyrrole nitrogens is 1. The first kappa shape index (κ1) is 21.5. The minimum absolute atomic E-state index is 0.0367. The van der Waals surface area contributed by atoms with Crippen LogP contribution in [0.1, 0.15) is 11.3 Å². The molecule has 0 aliphatic heterocycles. The molecule has 0 unspecified atom stereocenters. The summed E-state index contributed by atoms with van der Waals surface area (Å²) in [6.45, 7) is 1.75. The Kier molecular flexibility index (Phi) is 5.42. The lowest BCUT2D eigenvalue weighted by Gasteiger charge is -2.09. The van der Waals surface area contributed by atoms with E-state index in [1.807, 2.05) is 0 Å². The van der Waals surface area contributed by atoms with Crippen molar-refractivity contribution in [2.45, 2.75) is 13.3 Å². The number of carbonyl (C=O) groups is 1. The van der Waals surface area contributed by atoms with Crippen LogP contribution in [0.15, 0.2) is 65.6 Å². The van der Waals surface area contributed by atoms with Gasteiger partial charge in [-0.05, 0) is 42.8 Å². The van der Waals surface area contributed by atoms with E-state index in [1.54, 1.807) is 49.4 Å². The molecule has 2 N–H and O–H groups in total. The summed E-state index contributed by atoms with van der Waals surface area (Å²) in [5.41, 5.74) is 1.78. The maximum Gasteiger partial charge on any atom is 0.263 e. The van der Waals surface area contributed by atoms with Crippen molar-refractivity contribution < 1.29 is 9.18 Å². The lowest BCUT2D eigenvalue weighted by molar-refractivity contribution is -0.115. The number of rotatable bonds is 5. The number of aromatic nitrogens is 6. The summed E-state index contributed by atoms with van der Waals surface area (Å²) in [6.07, 6.45) is 1.46. The van der Waals surface area contributed by atoms with Crippen molar-refractivity contribution in [1.29, 1.82) is 0 Å². The molecule has 34 heavy (non-hydrogen) atoms. The number of aryl methyl sites for hydroxylation is 1. The molecule has 0 saturated carbocycles. The van der Waals surface area contributed by atoms with Crippen LogP contribution in [0.25, 0.3) is 22.7 Å². The van der Waals surface area contributed by atoms with Crippen molar-refractivity contribution in [3.05, 3.63) is 93.2 Å². The van der Waals surface area contributed by atoms with Gasteiger partial charge in [0.1, 0.15) is 17.0 Å². The Bertz CT molecular complexity index is 1590. The molecule has 0 radical (unpaired) electrons. The molecule has 3 heterocycles. The summed E-state index contributed by atoms with van der Waals surface area (Å²) in [6, 6.07) is 14.3. The lowest BCUT2D eigenvalue weighted by Crippen LogP contribution is -2.20. The fourth-order valence-corrected chi connectivity index (χ4v) is 3.71. The molecule has 0 bridgehead atoms. The first-order valence-electron chi connectivity index (χ1n) is 10.2. The number of benzene rings is 2. The summed E-state index contributed by atoms with van der Waals surface area (Å²) in [5, 5.41) is 12.2. The predicted octanol–water partition coefficient (Wildman–Crippen LogP) is 3.58. The van der Waals surface area contributed by atoms with E-state index in [2.05, 4.69) is 25.5 Å². The van der Waals surface area contributed by atoms with Gasteiger partial charge in [0.2, 0.25) is 11.9 Å². The lowest BCUT2D eigenvalue weighted by atomic mass is 10.1. The van der Waals surface area contributed by atoms with Crippen molar-refractivity contribution in [3.8, 4) is 11.6 Å². The first-order valence-corrected chi connectivity index (χ1v) is 10.6. The summed E-state index contributed by atoms with van der Waals surface area (Å²) in [7, 11) is 0. The Hall–Kier alpha value is -4.31. The fraction of sp³-hybridized carbons (Fsp3) is 0.0870. The van der Waals surface area contributed by atoms with Gasteiger partial charge in [-0.1, -0.05) is 29.8 Å². The van der Waals surface area contributed by atoms with Crippen molar-refractivity contribution in [2.75, 3.05) is 5.32 Å². The molecule has 3 aromatic heterocycles. The Balaban J connectivity index is 1.52. The van der Waals surface area contributed by atoms with Gasteiger partial charge in [0, 0.05) is 11.1 Å². The van der Waals surface area contributed by atoms with Crippen molar-refractivity contribution >= 4 is 34.4 Å². The van der Waals surface area contributed by atoms with E-state index in [0.717, 1.165) is 0 Å². The quantitative estimate of drug-likeness (QED) is 0.402. The highest BCUT2D eigenvalue weighted by Crippen LogP contribution is 2.20. The Labute approximate surface area is 196 Å². The average Bonchev–Trinajstić information content (AvgIpc) is 3.39. The molecule has 0 fully saturated rings. The third kappa shape index (κ3) is 4.18. The van der Waals surface area contributed by atoms with Gasteiger partial charge in [0.15, 0.2) is 5.65 Å². The molecule has 5 aromatic rings. The van der Waals surface area contributed by atoms with Crippen molar-refractivity contribution in [2.24, 2.45) is 0 Å². The second-order valence-corrected chi connectivity index (χ2v) is 8.03. The third-order valence-corrected chi connectivity index (χ3v) is 5.29. The minimum atomic E-state index is -0.412. The SMILES string of the molecule is Cc1cc(NC(=O)Cc2ccc(F)cc2)n(-c2nc3c(cnn3-c3cccc(Cl)c3)c(=O)[nH]2)n1. The Morgan fingerprint density at radius 2 is 1.94 bits per heavy atom. The van der Waals surface area contributed by atoms with Gasteiger partial charge in [-0.3, -0.25) is 14.6 Å². The van der Waals surface area contributed by atoms with E-state index in [0.29, 0.717) is 33.4 Å². The number of amides is 1. The Morgan fingerprint density at radius 1 is 1.15 bits per heavy atom. The number of carbonyl (C=O) groups excluding carboxylic acids is 1. The smallest absolute Gasteiger partial charge is 0.263 e. The molecule has 5 rings (SSSR count). The van der Waals surface area contributed by atoms with Crippen LogP contribution < -0.4 is 10.9 Å². The molecule has 0 spiro atoms. The highest BCUT2D eigenvalue weighted by atomic mass is 35.5. The molecule has 2 aromatic carbocycles. The van der Waals surface area contributed by atoms with Crippen LogP contribution in [-0.2, 0) is 11.2 Å². The van der Waals surface area contributed by atoms with E-state index >= 15 is 0 Å². The van der Waals surface area contributed by atoms with E-state index in [4.69, 9.17) is 11.6 Å². The summed E-state index contributed by atoms with van der Waals surface area (Å²) >= 11 is 6.11. The third-order valence-electron chi connectivity index (χ3n) is 5.06. The maximum absolute atomic E-state index is 13.1. The number of anilines is 1. The number of hydrogen-bond donors (Lipinski definition) is 2. The van der Waals surface area contributed by atoms with E-state index in [1.165, 1.54) is 27.7 Å². The highest BCUT2D eigenvalue weighted by molar-refractivity contribution is 6.30. The van der Waals surface area contributed by atoms with Crippen LogP contribution in [0.4, 0.5) is 10.2 Å². The molecule has 0 atom stereocenters. The van der Waals surface area contributed by atoms with Crippen LogP contribution in [0.2, 0.25) is 5.02 Å². The van der Waals surface area contributed by atoms with Gasteiger partial charge in [-0.2, -0.15) is 19.9 Å². The molecule has 0 saturated heterocycles. The van der Waals surface area contributed by atoms with Crippen LogP contribution in [0.3, 0.4) is 0 Å². The minimum Gasteiger partial charge on any atom is -0.310 e. The molecule has 170 valence electrons. The van der Waals surface area contributed by atoms with Crippen LogP contribution in [0.5, 0.6) is 0 Å². The zero-order valence-corrected chi connectivity index (χ0v) is 18.5. The zero-order chi connectivity index (χ0) is 23.8. The van der Waals surface area contributed by atoms with Gasteiger partial charge in [0.25, 0.3) is 5.56 Å². The maximum atomic E-state index is 13.1. The van der Waals surface area contributed by atoms with Gasteiger partial charge in [-0.15, -0.1) is 0 Å². The van der Waals surface area contributed by atoms with E-state index in [9.17, 15) is 14.0 Å². The van der Waals surface area contributed by atoms with Crippen LogP contribution in [-0.4, -0.2) is 35.4 Å². The number of aromatic amines is 1. The Morgan fingerprint density at radius 3 is 2.71 bits per heavy atom. The standard InChI is InChI=1S/C23H17ClFN7O2/c1-13-9-19(27-20(33)10-14-5-7-16(25)8-6-14)32(30-13)23-28-21-18(22(34)29-23)12-26-31(21)17-4-2-3-15(24)11-17/h2-9,11-12H,10H2,1H3,(H,27,33)(H,28,29,34). The zero-order valence-electron chi connectivity index (χ0n) is 17.8. The van der Waals surface area contributed by atoms with Crippen molar-refractivity contribution in [3.63, 3.8) is 0 Å².